The number of carbonyl (C=O) groups excluding carboxylic acids is 1. The summed E-state index contributed by atoms with van der Waals surface area (Å²) in [4.78, 5) is 13.7. The number of hydrogen-bond acceptors (Lipinski definition) is 1. The molecule has 1 heterocycles. The minimum Gasteiger partial charge on any atom is -0.332 e. The van der Waals surface area contributed by atoms with Crippen LogP contribution in [0.25, 0.3) is 0 Å². The number of hydrogen-bond donors (Lipinski definition) is 0. The Morgan fingerprint density at radius 2 is 1.93 bits per heavy atom. The van der Waals surface area contributed by atoms with Crippen LogP contribution in [0.1, 0.15) is 35.3 Å². The summed E-state index contributed by atoms with van der Waals surface area (Å²) in [6, 6.07) is 6.03. The van der Waals surface area contributed by atoms with Gasteiger partial charge in [0.05, 0.1) is 5.54 Å². The minimum absolute atomic E-state index is 0.130. The van der Waals surface area contributed by atoms with E-state index in [4.69, 9.17) is 0 Å². The lowest BCUT2D eigenvalue weighted by molar-refractivity contribution is 0.0691. The van der Waals surface area contributed by atoms with E-state index >= 15 is 0 Å². The van der Waals surface area contributed by atoms with Gasteiger partial charge in [-0.3, -0.25) is 4.79 Å². The lowest BCUT2D eigenvalue weighted by Crippen LogP contribution is -2.35. The summed E-state index contributed by atoms with van der Waals surface area (Å²) in [6.07, 6.45) is 0. The molecule has 0 unspecified atom stereocenters. The molecule has 0 aromatic heterocycles. The quantitative estimate of drug-likeness (QED) is 0.613. The average molecular weight is 189 g/mol. The van der Waals surface area contributed by atoms with Crippen LogP contribution in [0.15, 0.2) is 18.2 Å². The number of fused-ring (bicyclic) bond motifs is 1. The first-order chi connectivity index (χ1) is 6.44. The molecule has 2 rings (SSSR count). The second-order valence-electron chi connectivity index (χ2n) is 4.47. The molecule has 1 aromatic carbocycles. The van der Waals surface area contributed by atoms with E-state index in [1.165, 1.54) is 5.56 Å². The summed E-state index contributed by atoms with van der Waals surface area (Å²) >= 11 is 0. The highest BCUT2D eigenvalue weighted by molar-refractivity contribution is 5.99. The van der Waals surface area contributed by atoms with E-state index in [-0.39, 0.29) is 11.4 Å². The van der Waals surface area contributed by atoms with Crippen molar-refractivity contribution in [2.24, 2.45) is 0 Å². The van der Waals surface area contributed by atoms with E-state index < -0.39 is 0 Å². The molecule has 1 aromatic rings. The summed E-state index contributed by atoms with van der Waals surface area (Å²) in [5.41, 5.74) is 3.03. The van der Waals surface area contributed by atoms with Crippen LogP contribution in [-0.4, -0.2) is 17.9 Å². The Kier molecular flexibility index (Phi) is 1.71. The Morgan fingerprint density at radius 3 is 2.57 bits per heavy atom. The fourth-order valence-corrected chi connectivity index (χ4v) is 1.97. The zero-order valence-corrected chi connectivity index (χ0v) is 9.09. The second-order valence-corrected chi connectivity index (χ2v) is 4.47. The van der Waals surface area contributed by atoms with Gasteiger partial charge >= 0.3 is 0 Å². The molecule has 1 amide bonds. The molecule has 1 aliphatic heterocycles. The highest BCUT2D eigenvalue weighted by Crippen LogP contribution is 2.37. The number of aryl methyl sites for hydroxylation is 1. The first-order valence-corrected chi connectivity index (χ1v) is 4.84. The molecule has 74 valence electrons. The predicted octanol–water partition coefficient (Wildman–Crippen LogP) is 2.32. The van der Waals surface area contributed by atoms with Crippen LogP contribution < -0.4 is 0 Å². The molecule has 0 aliphatic carbocycles. The predicted molar refractivity (Wildman–Crippen MR) is 56.3 cm³/mol. The van der Waals surface area contributed by atoms with Gasteiger partial charge < -0.3 is 4.90 Å². The van der Waals surface area contributed by atoms with Crippen LogP contribution in [0.5, 0.6) is 0 Å². The van der Waals surface area contributed by atoms with Gasteiger partial charge in [0.1, 0.15) is 0 Å². The van der Waals surface area contributed by atoms with Gasteiger partial charge in [0, 0.05) is 12.6 Å². The highest BCUT2D eigenvalue weighted by atomic mass is 16.2. The van der Waals surface area contributed by atoms with Crippen molar-refractivity contribution in [1.29, 1.82) is 0 Å². The Morgan fingerprint density at radius 1 is 1.29 bits per heavy atom. The summed E-state index contributed by atoms with van der Waals surface area (Å²) in [7, 11) is 1.86. The summed E-state index contributed by atoms with van der Waals surface area (Å²) in [6.45, 7) is 6.21. The van der Waals surface area contributed by atoms with Gasteiger partial charge in [0.25, 0.3) is 5.91 Å². The topological polar surface area (TPSA) is 20.3 Å². The van der Waals surface area contributed by atoms with Gasteiger partial charge in [-0.05, 0) is 32.4 Å². The van der Waals surface area contributed by atoms with Crippen molar-refractivity contribution in [3.05, 3.63) is 34.9 Å². The molecule has 0 saturated carbocycles. The Hall–Kier alpha value is -1.31. The van der Waals surface area contributed by atoms with Crippen molar-refractivity contribution in [3.8, 4) is 0 Å². The van der Waals surface area contributed by atoms with E-state index in [0.29, 0.717) is 0 Å². The summed E-state index contributed by atoms with van der Waals surface area (Å²) in [5.74, 6) is 0.130. The highest BCUT2D eigenvalue weighted by Gasteiger charge is 2.40. The van der Waals surface area contributed by atoms with Gasteiger partial charge in [-0.25, -0.2) is 0 Å². The number of nitrogens with zero attached hydrogens (tertiary/aromatic N) is 1. The van der Waals surface area contributed by atoms with E-state index in [0.717, 1.165) is 11.1 Å². The molecule has 1 aliphatic rings. The van der Waals surface area contributed by atoms with Crippen molar-refractivity contribution in [1.82, 2.24) is 4.90 Å². The van der Waals surface area contributed by atoms with Gasteiger partial charge in [-0.2, -0.15) is 0 Å². The summed E-state index contributed by atoms with van der Waals surface area (Å²) in [5, 5.41) is 0. The van der Waals surface area contributed by atoms with Crippen LogP contribution in [0.3, 0.4) is 0 Å². The Balaban J connectivity index is 2.69. The third-order valence-electron chi connectivity index (χ3n) is 3.21. The van der Waals surface area contributed by atoms with Gasteiger partial charge in [-0.1, -0.05) is 17.7 Å². The molecule has 0 N–H and O–H groups in total. The third kappa shape index (κ3) is 0.999. The van der Waals surface area contributed by atoms with Crippen molar-refractivity contribution < 1.29 is 4.79 Å². The molecule has 0 radical (unpaired) electrons. The molecule has 0 spiro atoms. The molecule has 2 heteroatoms. The first-order valence-electron chi connectivity index (χ1n) is 4.84. The molecule has 14 heavy (non-hydrogen) atoms. The van der Waals surface area contributed by atoms with Gasteiger partial charge in [-0.15, -0.1) is 0 Å². The molecule has 0 bridgehead atoms. The number of carbonyl (C=O) groups is 1. The monoisotopic (exact) mass is 189 g/mol. The SMILES string of the molecule is Cc1ccc2c(c1)C(C)(C)N(C)C2=O. The number of rotatable bonds is 0. The minimum atomic E-state index is -0.168. The van der Waals surface area contributed by atoms with E-state index in [1.807, 2.05) is 19.2 Å². The molecular formula is C12H15NO. The molecule has 0 atom stereocenters. The van der Waals surface area contributed by atoms with Crippen LogP contribution >= 0.6 is 0 Å². The maximum atomic E-state index is 11.8. The summed E-state index contributed by atoms with van der Waals surface area (Å²) < 4.78 is 0. The largest absolute Gasteiger partial charge is 0.332 e. The zero-order chi connectivity index (χ0) is 10.5. The first kappa shape index (κ1) is 9.25. The van der Waals surface area contributed by atoms with Crippen molar-refractivity contribution in [3.63, 3.8) is 0 Å². The molecular weight excluding hydrogens is 174 g/mol. The average Bonchev–Trinajstić information content (AvgIpc) is 2.29. The van der Waals surface area contributed by atoms with E-state index in [2.05, 4.69) is 26.8 Å². The molecule has 0 fully saturated rings. The standard InChI is InChI=1S/C12H15NO/c1-8-5-6-9-10(7-8)12(2,3)13(4)11(9)14/h5-7H,1-4H3. The zero-order valence-electron chi connectivity index (χ0n) is 9.09. The van der Waals surface area contributed by atoms with Gasteiger partial charge in [0.2, 0.25) is 0 Å². The molecule has 2 nitrogen and oxygen atoms in total. The Bertz CT molecular complexity index is 407. The lowest BCUT2D eigenvalue weighted by atomic mass is 9.93. The number of benzene rings is 1. The van der Waals surface area contributed by atoms with Crippen LogP contribution in [0, 0.1) is 6.92 Å². The van der Waals surface area contributed by atoms with Crippen molar-refractivity contribution in [2.75, 3.05) is 7.05 Å². The van der Waals surface area contributed by atoms with Crippen LogP contribution in [0.4, 0.5) is 0 Å². The maximum absolute atomic E-state index is 11.8. The van der Waals surface area contributed by atoms with Gasteiger partial charge in [0.15, 0.2) is 0 Å². The maximum Gasteiger partial charge on any atom is 0.254 e. The second kappa shape index (κ2) is 2.59. The van der Waals surface area contributed by atoms with Crippen LogP contribution in [-0.2, 0) is 5.54 Å². The van der Waals surface area contributed by atoms with Crippen molar-refractivity contribution >= 4 is 5.91 Å². The fourth-order valence-electron chi connectivity index (χ4n) is 1.97. The van der Waals surface area contributed by atoms with Crippen molar-refractivity contribution in [2.45, 2.75) is 26.3 Å². The fraction of sp³-hybridized carbons (Fsp3) is 0.417. The number of amides is 1. The lowest BCUT2D eigenvalue weighted by Gasteiger charge is -2.28. The Labute approximate surface area is 84.5 Å². The molecule has 0 saturated heterocycles. The smallest absolute Gasteiger partial charge is 0.254 e. The normalized spacial score (nSPS) is 18.6. The van der Waals surface area contributed by atoms with E-state index in [1.54, 1.807) is 4.90 Å². The van der Waals surface area contributed by atoms with E-state index in [9.17, 15) is 4.79 Å². The third-order valence-corrected chi connectivity index (χ3v) is 3.21. The van der Waals surface area contributed by atoms with Crippen LogP contribution in [0.2, 0.25) is 0 Å².